The Morgan fingerprint density at radius 1 is 1.25 bits per heavy atom. The maximum Gasteiger partial charge on any atom is 0.417 e. The molecular weight excluding hydrogens is 321 g/mol. The maximum absolute atomic E-state index is 12.6. The zero-order valence-electron chi connectivity index (χ0n) is 12.6. The molecule has 1 fully saturated rings. The topological polar surface area (TPSA) is 58.1 Å². The highest BCUT2D eigenvalue weighted by Gasteiger charge is 2.31. The summed E-state index contributed by atoms with van der Waals surface area (Å²) in [6, 6.07) is 5.65. The Morgan fingerprint density at radius 3 is 2.71 bits per heavy atom. The van der Waals surface area contributed by atoms with E-state index in [1.807, 2.05) is 4.90 Å². The van der Waals surface area contributed by atoms with Gasteiger partial charge in [0.25, 0.3) is 5.91 Å². The number of carbonyl (C=O) groups excluding carboxylic acids is 1. The Kier molecular flexibility index (Phi) is 4.37. The van der Waals surface area contributed by atoms with Gasteiger partial charge < -0.3 is 10.2 Å². The minimum atomic E-state index is -4.39. The van der Waals surface area contributed by atoms with E-state index in [1.54, 1.807) is 18.3 Å². The maximum atomic E-state index is 12.6. The summed E-state index contributed by atoms with van der Waals surface area (Å²) in [5, 5.41) is 2.90. The number of carbonyl (C=O) groups is 1. The van der Waals surface area contributed by atoms with Crippen LogP contribution in [0.15, 0.2) is 42.9 Å². The molecule has 1 atom stereocenters. The molecule has 1 saturated heterocycles. The minimum Gasteiger partial charge on any atom is -0.354 e. The van der Waals surface area contributed by atoms with E-state index in [4.69, 9.17) is 0 Å². The van der Waals surface area contributed by atoms with Gasteiger partial charge in [0.2, 0.25) is 0 Å². The van der Waals surface area contributed by atoms with Crippen LogP contribution in [0, 0.1) is 0 Å². The molecule has 0 radical (unpaired) electrons. The molecule has 5 nitrogen and oxygen atoms in total. The number of rotatable bonds is 3. The van der Waals surface area contributed by atoms with E-state index in [-0.39, 0.29) is 11.9 Å². The summed E-state index contributed by atoms with van der Waals surface area (Å²) in [6.07, 6.45) is 0.214. The number of nitrogens with one attached hydrogen (secondary N) is 1. The summed E-state index contributed by atoms with van der Waals surface area (Å²) in [5.41, 5.74) is -0.296. The van der Waals surface area contributed by atoms with Gasteiger partial charge in [-0.3, -0.25) is 9.78 Å². The van der Waals surface area contributed by atoms with Gasteiger partial charge in [-0.25, -0.2) is 4.98 Å². The van der Waals surface area contributed by atoms with Crippen molar-refractivity contribution in [3.63, 3.8) is 0 Å². The highest BCUT2D eigenvalue weighted by atomic mass is 19.4. The Hall–Kier alpha value is -2.64. The SMILES string of the molecule is O=C(NC1CCN(c2ccc(C(F)(F)F)cn2)C1)c1cccnc1. The molecule has 1 aliphatic rings. The largest absolute Gasteiger partial charge is 0.417 e. The number of anilines is 1. The molecule has 2 aromatic heterocycles. The van der Waals surface area contributed by atoms with Crippen molar-refractivity contribution in [2.75, 3.05) is 18.0 Å². The normalized spacial score (nSPS) is 17.8. The first kappa shape index (κ1) is 16.2. The molecule has 126 valence electrons. The Balaban J connectivity index is 1.60. The van der Waals surface area contributed by atoms with Gasteiger partial charge in [-0.15, -0.1) is 0 Å². The van der Waals surface area contributed by atoms with Gasteiger partial charge in [0.05, 0.1) is 11.1 Å². The van der Waals surface area contributed by atoms with E-state index < -0.39 is 11.7 Å². The number of hydrogen-bond acceptors (Lipinski definition) is 4. The molecule has 1 aliphatic heterocycles. The van der Waals surface area contributed by atoms with Crippen LogP contribution in [-0.4, -0.2) is 35.0 Å². The second-order valence-electron chi connectivity index (χ2n) is 5.55. The van der Waals surface area contributed by atoms with Crippen LogP contribution in [0.25, 0.3) is 0 Å². The molecule has 0 spiro atoms. The number of pyridine rings is 2. The molecule has 3 heterocycles. The first-order chi connectivity index (χ1) is 11.4. The predicted octanol–water partition coefficient (Wildman–Crippen LogP) is 2.50. The second-order valence-corrected chi connectivity index (χ2v) is 5.55. The molecule has 1 amide bonds. The van der Waals surface area contributed by atoms with Crippen molar-refractivity contribution < 1.29 is 18.0 Å². The summed E-state index contributed by atoms with van der Waals surface area (Å²) < 4.78 is 37.7. The molecule has 0 aliphatic carbocycles. The first-order valence-electron chi connectivity index (χ1n) is 7.42. The number of nitrogens with zero attached hydrogens (tertiary/aromatic N) is 3. The number of hydrogen-bond donors (Lipinski definition) is 1. The molecule has 1 unspecified atom stereocenters. The molecule has 0 aromatic carbocycles. The zero-order valence-corrected chi connectivity index (χ0v) is 12.6. The van der Waals surface area contributed by atoms with Crippen LogP contribution in [0.1, 0.15) is 22.3 Å². The van der Waals surface area contributed by atoms with Crippen molar-refractivity contribution in [2.24, 2.45) is 0 Å². The second kappa shape index (κ2) is 6.46. The van der Waals surface area contributed by atoms with E-state index in [2.05, 4.69) is 15.3 Å². The summed E-state index contributed by atoms with van der Waals surface area (Å²) in [7, 11) is 0. The summed E-state index contributed by atoms with van der Waals surface area (Å²) in [5.74, 6) is 0.261. The zero-order chi connectivity index (χ0) is 17.2. The number of halogens is 3. The fourth-order valence-electron chi connectivity index (χ4n) is 2.59. The molecule has 24 heavy (non-hydrogen) atoms. The molecule has 0 bridgehead atoms. The Morgan fingerprint density at radius 2 is 2.08 bits per heavy atom. The standard InChI is InChI=1S/C16H15F3N4O/c17-16(18,19)12-3-4-14(21-9-12)23-7-5-13(10-23)22-15(24)11-2-1-6-20-8-11/h1-4,6,8-9,13H,5,7,10H2,(H,22,24). The number of aromatic nitrogens is 2. The third-order valence-corrected chi connectivity index (χ3v) is 3.85. The fourth-order valence-corrected chi connectivity index (χ4v) is 2.59. The van der Waals surface area contributed by atoms with Crippen molar-refractivity contribution in [1.82, 2.24) is 15.3 Å². The monoisotopic (exact) mass is 336 g/mol. The van der Waals surface area contributed by atoms with Crippen molar-refractivity contribution >= 4 is 11.7 Å². The van der Waals surface area contributed by atoms with Crippen molar-refractivity contribution in [1.29, 1.82) is 0 Å². The van der Waals surface area contributed by atoms with Crippen LogP contribution in [0.5, 0.6) is 0 Å². The minimum absolute atomic E-state index is 0.0817. The van der Waals surface area contributed by atoms with Crippen LogP contribution in [0.4, 0.5) is 19.0 Å². The first-order valence-corrected chi connectivity index (χ1v) is 7.42. The lowest BCUT2D eigenvalue weighted by Gasteiger charge is -2.18. The molecule has 0 saturated carbocycles. The van der Waals surface area contributed by atoms with Crippen molar-refractivity contribution in [3.8, 4) is 0 Å². The Labute approximate surface area is 136 Å². The van der Waals surface area contributed by atoms with Crippen molar-refractivity contribution in [2.45, 2.75) is 18.6 Å². The van der Waals surface area contributed by atoms with E-state index in [1.165, 1.54) is 12.3 Å². The number of alkyl halides is 3. The van der Waals surface area contributed by atoms with Gasteiger partial charge >= 0.3 is 6.18 Å². The van der Waals surface area contributed by atoms with Crippen LogP contribution < -0.4 is 10.2 Å². The smallest absolute Gasteiger partial charge is 0.354 e. The van der Waals surface area contributed by atoms with Gasteiger partial charge in [-0.2, -0.15) is 13.2 Å². The highest BCUT2D eigenvalue weighted by Crippen LogP contribution is 2.29. The Bertz CT molecular complexity index is 704. The lowest BCUT2D eigenvalue weighted by molar-refractivity contribution is -0.137. The van der Waals surface area contributed by atoms with Crippen LogP contribution in [-0.2, 0) is 6.18 Å². The van der Waals surface area contributed by atoms with E-state index in [9.17, 15) is 18.0 Å². The predicted molar refractivity (Wildman–Crippen MR) is 81.6 cm³/mol. The molecule has 8 heteroatoms. The third-order valence-electron chi connectivity index (χ3n) is 3.85. The molecular formula is C16H15F3N4O. The average Bonchev–Trinajstić information content (AvgIpc) is 3.03. The van der Waals surface area contributed by atoms with E-state index in [0.717, 1.165) is 12.3 Å². The molecule has 2 aromatic rings. The average molecular weight is 336 g/mol. The summed E-state index contributed by atoms with van der Waals surface area (Å²) >= 11 is 0. The fraction of sp³-hybridized carbons (Fsp3) is 0.312. The van der Waals surface area contributed by atoms with Gasteiger partial charge in [0, 0.05) is 37.7 Å². The van der Waals surface area contributed by atoms with Crippen LogP contribution in [0.3, 0.4) is 0 Å². The summed E-state index contributed by atoms with van der Waals surface area (Å²) in [4.78, 5) is 21.7. The van der Waals surface area contributed by atoms with Crippen molar-refractivity contribution in [3.05, 3.63) is 54.0 Å². The van der Waals surface area contributed by atoms with Gasteiger partial charge in [0.15, 0.2) is 0 Å². The van der Waals surface area contributed by atoms with E-state index in [0.29, 0.717) is 30.9 Å². The number of amides is 1. The summed E-state index contributed by atoms with van der Waals surface area (Å²) in [6.45, 7) is 1.13. The van der Waals surface area contributed by atoms with Gasteiger partial charge in [0.1, 0.15) is 5.82 Å². The van der Waals surface area contributed by atoms with Gasteiger partial charge in [-0.05, 0) is 30.7 Å². The quantitative estimate of drug-likeness (QED) is 0.936. The molecule has 1 N–H and O–H groups in total. The lowest BCUT2D eigenvalue weighted by atomic mass is 10.2. The van der Waals surface area contributed by atoms with E-state index >= 15 is 0 Å². The van der Waals surface area contributed by atoms with Crippen LogP contribution in [0.2, 0.25) is 0 Å². The third kappa shape index (κ3) is 3.64. The molecule has 3 rings (SSSR count). The van der Waals surface area contributed by atoms with Crippen LogP contribution >= 0.6 is 0 Å². The van der Waals surface area contributed by atoms with Gasteiger partial charge in [-0.1, -0.05) is 0 Å². The highest BCUT2D eigenvalue weighted by molar-refractivity contribution is 5.94. The lowest BCUT2D eigenvalue weighted by Crippen LogP contribution is -2.37.